The Hall–Kier alpha value is -7.69. The molecule has 2 heterocycles. The first-order valence-corrected chi connectivity index (χ1v) is 21.5. The number of nitrogens with zero attached hydrogens (tertiary/aromatic N) is 2. The fourth-order valence-electron chi connectivity index (χ4n) is 9.13. The second-order valence-electron chi connectivity index (χ2n) is 16.1. The maximum absolute atomic E-state index is 6.53. The molecule has 11 rings (SSSR count). The number of hydrogen-bond donors (Lipinski definition) is 0. The van der Waals surface area contributed by atoms with Gasteiger partial charge in [0, 0.05) is 39.4 Å². The van der Waals surface area contributed by atoms with Crippen molar-refractivity contribution in [2.75, 3.05) is 4.90 Å². The van der Waals surface area contributed by atoms with Gasteiger partial charge >= 0.3 is 0 Å². The van der Waals surface area contributed by atoms with Crippen LogP contribution >= 0.6 is 0 Å². The van der Waals surface area contributed by atoms with Crippen LogP contribution in [-0.4, -0.2) is 12.0 Å². The molecule has 0 fully saturated rings. The SMILES string of the molecule is C=C1/C=C(N(c2ccc3c(c2)oc2ccccc23)c2ccccc2C2=CC=CCC2)\C=C/C/C=C\C=C/1c1ccc2c(c1)C1N=C(c3ccc(-c4ccccc4)cc3)OC1C=C2. The molecule has 3 aliphatic carbocycles. The van der Waals surface area contributed by atoms with Crippen molar-refractivity contribution in [1.29, 1.82) is 0 Å². The van der Waals surface area contributed by atoms with Gasteiger partial charge < -0.3 is 14.1 Å². The molecule has 6 aromatic carbocycles. The molecule has 0 saturated heterocycles. The number of hydrogen-bond acceptors (Lipinski definition) is 4. The minimum atomic E-state index is -0.174. The Morgan fingerprint density at radius 2 is 1.42 bits per heavy atom. The summed E-state index contributed by atoms with van der Waals surface area (Å²) in [6.07, 6.45) is 26.8. The lowest BCUT2D eigenvalue weighted by atomic mass is 9.87. The number of para-hydroxylation sites is 2. The zero-order valence-electron chi connectivity index (χ0n) is 34.3. The zero-order chi connectivity index (χ0) is 41.4. The molecular formula is C58H44N2O2. The lowest BCUT2D eigenvalue weighted by Crippen LogP contribution is -2.18. The predicted molar refractivity (Wildman–Crippen MR) is 258 cm³/mol. The third-order valence-corrected chi connectivity index (χ3v) is 12.2. The second kappa shape index (κ2) is 16.1. The van der Waals surface area contributed by atoms with Crippen molar-refractivity contribution in [3.63, 3.8) is 0 Å². The van der Waals surface area contributed by atoms with Gasteiger partial charge in [-0.25, -0.2) is 4.99 Å². The minimum absolute atomic E-state index is 0.152. The number of fused-ring (bicyclic) bond motifs is 6. The van der Waals surface area contributed by atoms with Crippen LogP contribution in [0.1, 0.15) is 53.1 Å². The van der Waals surface area contributed by atoms with Gasteiger partial charge in [-0.15, -0.1) is 0 Å². The van der Waals surface area contributed by atoms with Crippen molar-refractivity contribution in [2.45, 2.75) is 31.4 Å². The van der Waals surface area contributed by atoms with Crippen LogP contribution in [0.4, 0.5) is 11.4 Å². The van der Waals surface area contributed by atoms with E-state index in [9.17, 15) is 0 Å². The van der Waals surface area contributed by atoms with E-state index in [1.807, 2.05) is 18.2 Å². The summed E-state index contributed by atoms with van der Waals surface area (Å²) >= 11 is 0. The van der Waals surface area contributed by atoms with Gasteiger partial charge in [-0.05, 0) is 124 Å². The number of rotatable bonds is 7. The standard InChI is InChI=1S/C58H44N2O2/c1-39-36-46(60(53-24-14-12-22-49(53)42-18-8-5-9-19-42)47-33-34-51-50-23-13-15-25-54(50)61-56(51)38-47)20-10-2-3-11-21-48(39)45-31-28-43-32-35-55-57(52(43)37-45)59-58(62-55)44-29-26-41(27-30-44)40-16-6-4-7-17-40/h3-8,10-18,20-38,55,57H,1-2,9,19H2/b11-3-,20-10-,46-36+,48-21+. The zero-order valence-corrected chi connectivity index (χ0v) is 34.3. The van der Waals surface area contributed by atoms with Crippen LogP contribution in [0, 0.1) is 0 Å². The number of benzene rings is 6. The third-order valence-electron chi connectivity index (χ3n) is 12.2. The number of allylic oxidation sites excluding steroid dienone is 12. The molecule has 2 atom stereocenters. The van der Waals surface area contributed by atoms with E-state index in [2.05, 4.69) is 193 Å². The molecule has 4 nitrogen and oxygen atoms in total. The molecule has 1 aromatic heterocycles. The van der Waals surface area contributed by atoms with Crippen molar-refractivity contribution < 1.29 is 9.15 Å². The van der Waals surface area contributed by atoms with Crippen molar-refractivity contribution in [3.05, 3.63) is 246 Å². The minimum Gasteiger partial charge on any atom is -0.467 e. The number of furan rings is 1. The highest BCUT2D eigenvalue weighted by Crippen LogP contribution is 2.43. The average Bonchev–Trinajstić information content (AvgIpc) is 3.94. The number of aliphatic imine (C=N–C) groups is 1. The van der Waals surface area contributed by atoms with E-state index in [0.717, 1.165) is 91.7 Å². The number of ether oxygens (including phenoxy) is 1. The maximum Gasteiger partial charge on any atom is 0.217 e. The first-order valence-electron chi connectivity index (χ1n) is 21.5. The van der Waals surface area contributed by atoms with Crippen LogP contribution < -0.4 is 4.90 Å². The average molecular weight is 801 g/mol. The van der Waals surface area contributed by atoms with Gasteiger partial charge in [0.05, 0.1) is 5.69 Å². The maximum atomic E-state index is 6.53. The molecule has 1 aliphatic heterocycles. The summed E-state index contributed by atoms with van der Waals surface area (Å²) in [6.45, 7) is 4.77. The lowest BCUT2D eigenvalue weighted by Gasteiger charge is -2.30. The Kier molecular flexibility index (Phi) is 9.67. The normalized spacial score (nSPS) is 20.8. The topological polar surface area (TPSA) is 38.0 Å². The summed E-state index contributed by atoms with van der Waals surface area (Å²) in [5.41, 5.74) is 16.0. The Morgan fingerprint density at radius 3 is 2.31 bits per heavy atom. The van der Waals surface area contributed by atoms with Gasteiger partial charge in [-0.1, -0.05) is 146 Å². The first kappa shape index (κ1) is 37.3. The quantitative estimate of drug-likeness (QED) is 0.161. The molecule has 0 amide bonds. The largest absolute Gasteiger partial charge is 0.467 e. The van der Waals surface area contributed by atoms with Gasteiger partial charge in [0.25, 0.3) is 0 Å². The monoisotopic (exact) mass is 800 g/mol. The van der Waals surface area contributed by atoms with Crippen molar-refractivity contribution in [3.8, 4) is 11.1 Å². The van der Waals surface area contributed by atoms with Crippen LogP contribution in [0.5, 0.6) is 0 Å². The van der Waals surface area contributed by atoms with Crippen molar-refractivity contribution in [2.24, 2.45) is 4.99 Å². The molecule has 62 heavy (non-hydrogen) atoms. The van der Waals surface area contributed by atoms with Crippen LogP contribution in [0.2, 0.25) is 0 Å². The molecule has 298 valence electrons. The molecule has 2 unspecified atom stereocenters. The fourth-order valence-corrected chi connectivity index (χ4v) is 9.13. The van der Waals surface area contributed by atoms with E-state index in [1.165, 1.54) is 22.3 Å². The van der Waals surface area contributed by atoms with Crippen LogP contribution in [-0.2, 0) is 4.74 Å². The van der Waals surface area contributed by atoms with E-state index < -0.39 is 0 Å². The summed E-state index contributed by atoms with van der Waals surface area (Å²) in [4.78, 5) is 7.59. The van der Waals surface area contributed by atoms with E-state index in [4.69, 9.17) is 20.7 Å². The summed E-state index contributed by atoms with van der Waals surface area (Å²) < 4.78 is 13.0. The molecule has 0 radical (unpaired) electrons. The van der Waals surface area contributed by atoms with Gasteiger partial charge in [0.1, 0.15) is 23.3 Å². The van der Waals surface area contributed by atoms with E-state index >= 15 is 0 Å². The van der Waals surface area contributed by atoms with E-state index in [1.54, 1.807) is 0 Å². The van der Waals surface area contributed by atoms with E-state index in [0.29, 0.717) is 5.90 Å². The van der Waals surface area contributed by atoms with E-state index in [-0.39, 0.29) is 12.1 Å². The molecular weight excluding hydrogens is 757 g/mol. The first-order chi connectivity index (χ1) is 30.6. The molecule has 0 spiro atoms. The Morgan fingerprint density at radius 1 is 0.645 bits per heavy atom. The molecule has 4 heteroatoms. The lowest BCUT2D eigenvalue weighted by molar-refractivity contribution is 0.242. The third kappa shape index (κ3) is 7.00. The highest BCUT2D eigenvalue weighted by atomic mass is 16.5. The fraction of sp³-hybridized carbons (Fsp3) is 0.0862. The van der Waals surface area contributed by atoms with Crippen molar-refractivity contribution in [1.82, 2.24) is 0 Å². The van der Waals surface area contributed by atoms with Gasteiger partial charge in [0.2, 0.25) is 5.90 Å². The second-order valence-corrected chi connectivity index (χ2v) is 16.1. The smallest absolute Gasteiger partial charge is 0.217 e. The summed E-state index contributed by atoms with van der Waals surface area (Å²) in [7, 11) is 0. The summed E-state index contributed by atoms with van der Waals surface area (Å²) in [5.74, 6) is 0.674. The van der Waals surface area contributed by atoms with Crippen molar-refractivity contribution >= 4 is 56.4 Å². The molecule has 0 bridgehead atoms. The van der Waals surface area contributed by atoms with Crippen LogP contribution in [0.15, 0.2) is 228 Å². The Labute approximate surface area is 362 Å². The molecule has 7 aromatic rings. The van der Waals surface area contributed by atoms with Gasteiger partial charge in [-0.3, -0.25) is 0 Å². The van der Waals surface area contributed by atoms with Gasteiger partial charge in [-0.2, -0.15) is 0 Å². The Bertz CT molecular complexity index is 3150. The van der Waals surface area contributed by atoms with Crippen LogP contribution in [0.3, 0.4) is 0 Å². The van der Waals surface area contributed by atoms with Crippen LogP contribution in [0.25, 0.3) is 50.3 Å². The predicted octanol–water partition coefficient (Wildman–Crippen LogP) is 15.1. The summed E-state index contributed by atoms with van der Waals surface area (Å²) in [5, 5.41) is 2.21. The molecule has 4 aliphatic rings. The van der Waals surface area contributed by atoms with Gasteiger partial charge in [0.15, 0.2) is 0 Å². The molecule has 0 saturated carbocycles. The highest BCUT2D eigenvalue weighted by Gasteiger charge is 2.35. The molecule has 0 N–H and O–H groups in total. The summed E-state index contributed by atoms with van der Waals surface area (Å²) in [6, 6.07) is 49.1. The highest BCUT2D eigenvalue weighted by molar-refractivity contribution is 6.06. The Balaban J connectivity index is 0.979. The number of anilines is 2.